The third kappa shape index (κ3) is 4.78. The van der Waals surface area contributed by atoms with E-state index in [1.165, 1.54) is 0 Å². The fourth-order valence-corrected chi connectivity index (χ4v) is 3.64. The van der Waals surface area contributed by atoms with Crippen molar-refractivity contribution in [1.82, 2.24) is 20.0 Å². The second kappa shape index (κ2) is 8.40. The van der Waals surface area contributed by atoms with Crippen LogP contribution < -0.4 is 11.1 Å². The summed E-state index contributed by atoms with van der Waals surface area (Å²) < 4.78 is 4.98. The SMILES string of the molecule is Cc1cc(NC(=O)CN2CCC[C@H](c3ccc(-c4ccc(N)nc4)cn3)C2)no1. The molecule has 1 fully saturated rings. The molecule has 3 aromatic heterocycles. The number of aromatic nitrogens is 3. The van der Waals surface area contributed by atoms with Crippen LogP contribution in [0.4, 0.5) is 11.6 Å². The number of pyridine rings is 2. The normalized spacial score (nSPS) is 17.2. The Hall–Kier alpha value is -3.26. The minimum atomic E-state index is -0.0851. The molecule has 8 heteroatoms. The summed E-state index contributed by atoms with van der Waals surface area (Å²) in [6.07, 6.45) is 5.73. The average molecular weight is 392 g/mol. The van der Waals surface area contributed by atoms with Gasteiger partial charge in [-0.05, 0) is 44.5 Å². The summed E-state index contributed by atoms with van der Waals surface area (Å²) in [5.74, 6) is 1.85. The maximum atomic E-state index is 12.3. The lowest BCUT2D eigenvalue weighted by molar-refractivity contribution is -0.117. The van der Waals surface area contributed by atoms with Gasteiger partial charge in [0.05, 0.1) is 6.54 Å². The van der Waals surface area contributed by atoms with Crippen LogP contribution in [0.3, 0.4) is 0 Å². The largest absolute Gasteiger partial charge is 0.384 e. The first-order valence-corrected chi connectivity index (χ1v) is 9.70. The number of carbonyl (C=O) groups excluding carboxylic acids is 1. The van der Waals surface area contributed by atoms with Crippen molar-refractivity contribution in [3.05, 3.63) is 54.2 Å². The molecule has 0 aliphatic carbocycles. The fraction of sp³-hybridized carbons (Fsp3) is 0.333. The predicted octanol–water partition coefficient (Wildman–Crippen LogP) is 2.84. The first kappa shape index (κ1) is 19.1. The zero-order valence-electron chi connectivity index (χ0n) is 16.3. The molecular weight excluding hydrogens is 368 g/mol. The summed E-state index contributed by atoms with van der Waals surface area (Å²) in [7, 11) is 0. The molecule has 4 rings (SSSR count). The Morgan fingerprint density at radius 3 is 2.69 bits per heavy atom. The van der Waals surface area contributed by atoms with Gasteiger partial charge in [-0.1, -0.05) is 11.2 Å². The average Bonchev–Trinajstić information content (AvgIpc) is 3.13. The third-order valence-corrected chi connectivity index (χ3v) is 5.09. The zero-order valence-corrected chi connectivity index (χ0v) is 16.3. The lowest BCUT2D eigenvalue weighted by Gasteiger charge is -2.31. The van der Waals surface area contributed by atoms with Crippen molar-refractivity contribution >= 4 is 17.5 Å². The van der Waals surface area contributed by atoms with E-state index in [-0.39, 0.29) is 5.91 Å². The maximum Gasteiger partial charge on any atom is 0.239 e. The monoisotopic (exact) mass is 392 g/mol. The van der Waals surface area contributed by atoms with Gasteiger partial charge in [-0.15, -0.1) is 0 Å². The van der Waals surface area contributed by atoms with E-state index >= 15 is 0 Å². The van der Waals surface area contributed by atoms with Crippen LogP contribution in [0.1, 0.15) is 30.2 Å². The third-order valence-electron chi connectivity index (χ3n) is 5.09. The number of nitrogens with one attached hydrogen (secondary N) is 1. The van der Waals surface area contributed by atoms with Gasteiger partial charge in [0.2, 0.25) is 5.91 Å². The smallest absolute Gasteiger partial charge is 0.239 e. The van der Waals surface area contributed by atoms with Crippen LogP contribution in [0.2, 0.25) is 0 Å². The molecule has 1 atom stereocenters. The highest BCUT2D eigenvalue weighted by Crippen LogP contribution is 2.27. The van der Waals surface area contributed by atoms with Gasteiger partial charge in [0.1, 0.15) is 11.6 Å². The zero-order chi connectivity index (χ0) is 20.2. The summed E-state index contributed by atoms with van der Waals surface area (Å²) in [4.78, 5) is 23.3. The Balaban J connectivity index is 1.36. The topological polar surface area (TPSA) is 110 Å². The van der Waals surface area contributed by atoms with Gasteiger partial charge in [-0.3, -0.25) is 14.7 Å². The molecule has 0 radical (unpaired) electrons. The molecule has 3 N–H and O–H groups in total. The van der Waals surface area contributed by atoms with Gasteiger partial charge >= 0.3 is 0 Å². The van der Waals surface area contributed by atoms with Gasteiger partial charge in [-0.25, -0.2) is 4.98 Å². The minimum absolute atomic E-state index is 0.0851. The Kier molecular flexibility index (Phi) is 5.53. The molecule has 0 aromatic carbocycles. The number of rotatable bonds is 5. The maximum absolute atomic E-state index is 12.3. The van der Waals surface area contributed by atoms with E-state index in [1.807, 2.05) is 12.3 Å². The van der Waals surface area contributed by atoms with Crippen molar-refractivity contribution in [3.63, 3.8) is 0 Å². The van der Waals surface area contributed by atoms with Crippen LogP contribution in [0.25, 0.3) is 11.1 Å². The van der Waals surface area contributed by atoms with E-state index in [0.717, 1.165) is 42.8 Å². The molecule has 1 amide bonds. The molecule has 4 heterocycles. The number of anilines is 2. The summed E-state index contributed by atoms with van der Waals surface area (Å²) in [6, 6.07) is 9.56. The predicted molar refractivity (Wildman–Crippen MR) is 110 cm³/mol. The number of aryl methyl sites for hydroxylation is 1. The fourth-order valence-electron chi connectivity index (χ4n) is 3.64. The molecule has 0 bridgehead atoms. The first-order valence-electron chi connectivity index (χ1n) is 9.70. The Labute approximate surface area is 169 Å². The van der Waals surface area contributed by atoms with E-state index in [9.17, 15) is 4.79 Å². The second-order valence-electron chi connectivity index (χ2n) is 7.39. The minimum Gasteiger partial charge on any atom is -0.384 e. The van der Waals surface area contributed by atoms with Crippen molar-refractivity contribution in [1.29, 1.82) is 0 Å². The Morgan fingerprint density at radius 1 is 1.24 bits per heavy atom. The van der Waals surface area contributed by atoms with Crippen molar-refractivity contribution in [2.75, 3.05) is 30.7 Å². The molecule has 0 saturated carbocycles. The molecule has 29 heavy (non-hydrogen) atoms. The summed E-state index contributed by atoms with van der Waals surface area (Å²) in [5, 5.41) is 6.58. The van der Waals surface area contributed by atoms with Crippen LogP contribution in [0.5, 0.6) is 0 Å². The quantitative estimate of drug-likeness (QED) is 0.687. The van der Waals surface area contributed by atoms with E-state index in [0.29, 0.717) is 29.9 Å². The number of hydrogen-bond acceptors (Lipinski definition) is 7. The van der Waals surface area contributed by atoms with E-state index in [4.69, 9.17) is 10.3 Å². The Morgan fingerprint density at radius 2 is 2.03 bits per heavy atom. The molecule has 1 aliphatic heterocycles. The van der Waals surface area contributed by atoms with E-state index in [2.05, 4.69) is 37.5 Å². The van der Waals surface area contributed by atoms with Gasteiger partial charge in [0.25, 0.3) is 0 Å². The second-order valence-corrected chi connectivity index (χ2v) is 7.39. The van der Waals surface area contributed by atoms with Crippen molar-refractivity contribution in [2.24, 2.45) is 0 Å². The Bertz CT molecular complexity index is 968. The van der Waals surface area contributed by atoms with Crippen LogP contribution in [-0.2, 0) is 4.79 Å². The van der Waals surface area contributed by atoms with Crippen LogP contribution in [0, 0.1) is 6.92 Å². The molecule has 0 spiro atoms. The molecule has 1 saturated heterocycles. The van der Waals surface area contributed by atoms with Crippen LogP contribution >= 0.6 is 0 Å². The summed E-state index contributed by atoms with van der Waals surface area (Å²) >= 11 is 0. The van der Waals surface area contributed by atoms with Crippen LogP contribution in [-0.4, -0.2) is 45.6 Å². The van der Waals surface area contributed by atoms with Crippen molar-refractivity contribution < 1.29 is 9.32 Å². The van der Waals surface area contributed by atoms with Gasteiger partial charge in [0, 0.05) is 47.7 Å². The molecular formula is C21H24N6O2. The van der Waals surface area contributed by atoms with Gasteiger partial charge < -0.3 is 15.6 Å². The van der Waals surface area contributed by atoms with Gasteiger partial charge in [0.15, 0.2) is 5.82 Å². The number of likely N-dealkylation sites (tertiary alicyclic amines) is 1. The highest BCUT2D eigenvalue weighted by atomic mass is 16.5. The van der Waals surface area contributed by atoms with Gasteiger partial charge in [-0.2, -0.15) is 0 Å². The number of hydrogen-bond donors (Lipinski definition) is 2. The number of nitrogen functional groups attached to an aromatic ring is 1. The lowest BCUT2D eigenvalue weighted by Crippen LogP contribution is -2.40. The molecule has 1 aliphatic rings. The molecule has 3 aromatic rings. The summed E-state index contributed by atoms with van der Waals surface area (Å²) in [6.45, 7) is 3.83. The lowest BCUT2D eigenvalue weighted by atomic mass is 9.93. The van der Waals surface area contributed by atoms with Crippen molar-refractivity contribution in [3.8, 4) is 11.1 Å². The van der Waals surface area contributed by atoms with Crippen LogP contribution in [0.15, 0.2) is 47.2 Å². The number of nitrogens with zero attached hydrogens (tertiary/aromatic N) is 4. The molecule has 150 valence electrons. The number of amides is 1. The number of nitrogens with two attached hydrogens (primary N) is 1. The highest BCUT2D eigenvalue weighted by molar-refractivity contribution is 5.91. The highest BCUT2D eigenvalue weighted by Gasteiger charge is 2.24. The first-order chi connectivity index (χ1) is 14.1. The standard InChI is InChI=1S/C21H24N6O2/c1-14-9-20(26-29-14)25-21(28)13-27-8-2-3-17(12-27)18-6-4-15(10-23-18)16-5-7-19(22)24-11-16/h4-7,9-11,17H,2-3,8,12-13H2,1H3,(H2,22,24)(H,25,26,28)/t17-/m0/s1. The summed E-state index contributed by atoms with van der Waals surface area (Å²) in [5.41, 5.74) is 8.70. The van der Waals surface area contributed by atoms with E-state index < -0.39 is 0 Å². The number of piperidine rings is 1. The molecule has 0 unspecified atom stereocenters. The van der Waals surface area contributed by atoms with Crippen molar-refractivity contribution in [2.45, 2.75) is 25.7 Å². The molecule has 8 nitrogen and oxygen atoms in total. The van der Waals surface area contributed by atoms with E-state index in [1.54, 1.807) is 25.3 Å². The number of carbonyl (C=O) groups is 1.